The summed E-state index contributed by atoms with van der Waals surface area (Å²) < 4.78 is 38.7. The van der Waals surface area contributed by atoms with Gasteiger partial charge in [-0.2, -0.15) is 13.2 Å². The molecular formula is C15H22F3N3. The molecule has 118 valence electrons. The smallest absolute Gasteiger partial charge is 0.373 e. The molecule has 6 heteroatoms. The molecule has 0 bridgehead atoms. The van der Waals surface area contributed by atoms with Crippen LogP contribution in [0.3, 0.4) is 0 Å². The highest BCUT2D eigenvalue weighted by atomic mass is 19.4. The molecule has 1 aromatic rings. The predicted molar refractivity (Wildman–Crippen MR) is 78.4 cm³/mol. The summed E-state index contributed by atoms with van der Waals surface area (Å²) in [6, 6.07) is 2.30. The largest absolute Gasteiger partial charge is 0.416 e. The summed E-state index contributed by atoms with van der Waals surface area (Å²) in [5.41, 5.74) is -0.679. The minimum Gasteiger partial charge on any atom is -0.373 e. The number of hydrogen-bond acceptors (Lipinski definition) is 3. The van der Waals surface area contributed by atoms with E-state index in [0.29, 0.717) is 17.7 Å². The van der Waals surface area contributed by atoms with Gasteiger partial charge in [-0.3, -0.25) is 0 Å². The molecule has 0 spiro atoms. The first-order valence-electron chi connectivity index (χ1n) is 7.31. The molecule has 2 rings (SSSR count). The molecule has 1 aliphatic rings. The third-order valence-electron chi connectivity index (χ3n) is 3.94. The van der Waals surface area contributed by atoms with Gasteiger partial charge in [0.2, 0.25) is 0 Å². The van der Waals surface area contributed by atoms with Crippen LogP contribution in [-0.2, 0) is 6.18 Å². The number of halogens is 3. The molecule has 2 unspecified atom stereocenters. The van der Waals surface area contributed by atoms with E-state index in [-0.39, 0.29) is 11.9 Å². The van der Waals surface area contributed by atoms with E-state index in [1.54, 1.807) is 7.05 Å². The summed E-state index contributed by atoms with van der Waals surface area (Å²) in [4.78, 5) is 4.19. The highest BCUT2D eigenvalue weighted by Gasteiger charge is 2.32. The Morgan fingerprint density at radius 2 is 1.62 bits per heavy atom. The average molecular weight is 301 g/mol. The lowest BCUT2D eigenvalue weighted by Crippen LogP contribution is -2.30. The highest BCUT2D eigenvalue weighted by Crippen LogP contribution is 2.34. The van der Waals surface area contributed by atoms with E-state index in [9.17, 15) is 13.2 Å². The molecule has 21 heavy (non-hydrogen) atoms. The van der Waals surface area contributed by atoms with E-state index < -0.39 is 11.7 Å². The second kappa shape index (κ2) is 6.12. The first-order chi connectivity index (χ1) is 9.77. The predicted octanol–water partition coefficient (Wildman–Crippen LogP) is 4.38. The molecule has 1 aromatic heterocycles. The Labute approximate surface area is 123 Å². The van der Waals surface area contributed by atoms with Crippen molar-refractivity contribution in [2.24, 2.45) is 11.8 Å². The van der Waals surface area contributed by atoms with Crippen LogP contribution in [-0.4, -0.2) is 18.1 Å². The van der Waals surface area contributed by atoms with Gasteiger partial charge in [-0.25, -0.2) is 4.98 Å². The van der Waals surface area contributed by atoms with E-state index in [1.165, 1.54) is 6.42 Å². The zero-order valence-electron chi connectivity index (χ0n) is 12.6. The number of pyridine rings is 1. The van der Waals surface area contributed by atoms with Gasteiger partial charge in [0.25, 0.3) is 0 Å². The Hall–Kier alpha value is -1.46. The second-order valence-corrected chi connectivity index (χ2v) is 6.13. The molecule has 2 N–H and O–H groups in total. The van der Waals surface area contributed by atoms with Gasteiger partial charge >= 0.3 is 6.18 Å². The first-order valence-corrected chi connectivity index (χ1v) is 7.31. The lowest BCUT2D eigenvalue weighted by atomic mass is 9.80. The molecule has 0 saturated heterocycles. The van der Waals surface area contributed by atoms with Crippen molar-refractivity contribution in [3.8, 4) is 0 Å². The van der Waals surface area contributed by atoms with Crippen molar-refractivity contribution in [2.75, 3.05) is 17.7 Å². The maximum absolute atomic E-state index is 12.9. The van der Waals surface area contributed by atoms with Crippen LogP contribution in [0.4, 0.5) is 24.8 Å². The van der Waals surface area contributed by atoms with Crippen molar-refractivity contribution >= 4 is 11.6 Å². The van der Waals surface area contributed by atoms with Gasteiger partial charge in [0, 0.05) is 13.1 Å². The van der Waals surface area contributed by atoms with Crippen LogP contribution >= 0.6 is 0 Å². The summed E-state index contributed by atoms with van der Waals surface area (Å²) in [6.45, 7) is 4.37. The van der Waals surface area contributed by atoms with Crippen molar-refractivity contribution in [1.82, 2.24) is 4.98 Å². The normalized spacial score (nSPS) is 26.5. The SMILES string of the molecule is CNc1cc(C(F)(F)F)cc(NC2CC(C)CC(C)C2)n1. The second-order valence-electron chi connectivity index (χ2n) is 6.13. The lowest BCUT2D eigenvalue weighted by Gasteiger charge is -2.32. The average Bonchev–Trinajstić information content (AvgIpc) is 2.36. The molecule has 0 aromatic carbocycles. The van der Waals surface area contributed by atoms with Crippen LogP contribution in [0.15, 0.2) is 12.1 Å². The van der Waals surface area contributed by atoms with E-state index >= 15 is 0 Å². The van der Waals surface area contributed by atoms with E-state index in [4.69, 9.17) is 0 Å². The molecule has 2 atom stereocenters. The van der Waals surface area contributed by atoms with Crippen LogP contribution in [0.1, 0.15) is 38.7 Å². The van der Waals surface area contributed by atoms with Gasteiger partial charge in [0.05, 0.1) is 5.56 Å². The number of anilines is 2. The number of aromatic nitrogens is 1. The van der Waals surface area contributed by atoms with Gasteiger partial charge in [-0.15, -0.1) is 0 Å². The number of alkyl halides is 3. The van der Waals surface area contributed by atoms with Crippen molar-refractivity contribution < 1.29 is 13.2 Å². The molecule has 3 nitrogen and oxygen atoms in total. The van der Waals surface area contributed by atoms with Crippen molar-refractivity contribution in [2.45, 2.75) is 45.3 Å². The third-order valence-corrected chi connectivity index (χ3v) is 3.94. The van der Waals surface area contributed by atoms with Crippen LogP contribution < -0.4 is 10.6 Å². The monoisotopic (exact) mass is 301 g/mol. The topological polar surface area (TPSA) is 37.0 Å². The van der Waals surface area contributed by atoms with Gasteiger partial charge < -0.3 is 10.6 Å². The Kier molecular flexibility index (Phi) is 4.64. The third kappa shape index (κ3) is 4.25. The number of rotatable bonds is 3. The molecule has 1 fully saturated rings. The highest BCUT2D eigenvalue weighted by molar-refractivity contribution is 5.50. The minimum atomic E-state index is -4.36. The zero-order valence-corrected chi connectivity index (χ0v) is 12.6. The van der Waals surface area contributed by atoms with Gasteiger partial charge in [0.1, 0.15) is 11.6 Å². The molecular weight excluding hydrogens is 279 g/mol. The van der Waals surface area contributed by atoms with Gasteiger partial charge in [-0.1, -0.05) is 13.8 Å². The fourth-order valence-corrected chi connectivity index (χ4v) is 3.17. The Morgan fingerprint density at radius 3 is 2.14 bits per heavy atom. The van der Waals surface area contributed by atoms with Crippen LogP contribution in [0.5, 0.6) is 0 Å². The maximum Gasteiger partial charge on any atom is 0.416 e. The molecule has 1 heterocycles. The molecule has 1 saturated carbocycles. The van der Waals surface area contributed by atoms with Crippen molar-refractivity contribution in [3.05, 3.63) is 17.7 Å². The summed E-state index contributed by atoms with van der Waals surface area (Å²) in [6.07, 6.45) is -1.25. The molecule has 0 radical (unpaired) electrons. The quantitative estimate of drug-likeness (QED) is 0.870. The summed E-state index contributed by atoms with van der Waals surface area (Å²) in [7, 11) is 1.57. The van der Waals surface area contributed by atoms with E-state index in [1.807, 2.05) is 0 Å². The summed E-state index contributed by atoms with van der Waals surface area (Å²) in [5.74, 6) is 1.69. The lowest BCUT2D eigenvalue weighted by molar-refractivity contribution is -0.137. The van der Waals surface area contributed by atoms with Crippen molar-refractivity contribution in [1.29, 1.82) is 0 Å². The number of nitrogens with one attached hydrogen (secondary N) is 2. The number of hydrogen-bond donors (Lipinski definition) is 2. The molecule has 0 aliphatic heterocycles. The summed E-state index contributed by atoms with van der Waals surface area (Å²) in [5, 5.41) is 5.86. The Bertz CT molecular complexity index is 478. The van der Waals surface area contributed by atoms with Crippen LogP contribution in [0.2, 0.25) is 0 Å². The standard InChI is InChI=1S/C15H22F3N3/c1-9-4-10(2)6-12(5-9)20-14-8-11(15(16,17)18)7-13(19-3)21-14/h7-10,12H,4-6H2,1-3H3,(H2,19,20,21). The fourth-order valence-electron chi connectivity index (χ4n) is 3.17. The van der Waals surface area contributed by atoms with Crippen molar-refractivity contribution in [3.63, 3.8) is 0 Å². The van der Waals surface area contributed by atoms with Gasteiger partial charge in [0.15, 0.2) is 0 Å². The molecule has 1 aliphatic carbocycles. The Balaban J connectivity index is 2.19. The maximum atomic E-state index is 12.9. The first kappa shape index (κ1) is 15.9. The zero-order chi connectivity index (χ0) is 15.6. The van der Waals surface area contributed by atoms with Crippen LogP contribution in [0, 0.1) is 11.8 Å². The number of nitrogens with zero attached hydrogens (tertiary/aromatic N) is 1. The molecule has 0 amide bonds. The van der Waals surface area contributed by atoms with E-state index in [2.05, 4.69) is 29.5 Å². The summed E-state index contributed by atoms with van der Waals surface area (Å²) >= 11 is 0. The minimum absolute atomic E-state index is 0.185. The van der Waals surface area contributed by atoms with Crippen LogP contribution in [0.25, 0.3) is 0 Å². The Morgan fingerprint density at radius 1 is 1.05 bits per heavy atom. The van der Waals surface area contributed by atoms with E-state index in [0.717, 1.165) is 25.0 Å². The fraction of sp³-hybridized carbons (Fsp3) is 0.667. The van der Waals surface area contributed by atoms with Gasteiger partial charge in [-0.05, 0) is 43.2 Å².